The number of fused-ring (bicyclic) bond motifs is 2. The maximum Gasteiger partial charge on any atom is 0.133 e. The van der Waals surface area contributed by atoms with E-state index in [1.165, 1.54) is 0 Å². The first-order valence-corrected chi connectivity index (χ1v) is 4.95. The van der Waals surface area contributed by atoms with Gasteiger partial charge in [0.2, 0.25) is 0 Å². The fourth-order valence-corrected chi connectivity index (χ4v) is 1.91. The number of hydrogen-bond acceptors (Lipinski definition) is 3. The molecule has 1 aromatic rings. The Morgan fingerprint density at radius 2 is 2.20 bits per heavy atom. The van der Waals surface area contributed by atoms with Crippen LogP contribution in [-0.2, 0) is 0 Å². The zero-order valence-corrected chi connectivity index (χ0v) is 8.10. The minimum Gasteiger partial charge on any atom is -0.457 e. The Morgan fingerprint density at radius 1 is 1.33 bits per heavy atom. The molecule has 3 rings (SSSR count). The van der Waals surface area contributed by atoms with Crippen molar-refractivity contribution in [3.05, 3.63) is 53.4 Å². The van der Waals surface area contributed by atoms with Gasteiger partial charge >= 0.3 is 0 Å². The topological polar surface area (TPSA) is 41.5 Å². The van der Waals surface area contributed by atoms with Crippen LogP contribution in [0.1, 0.15) is 11.7 Å². The lowest BCUT2D eigenvalue weighted by atomic mass is 9.96. The van der Waals surface area contributed by atoms with Gasteiger partial charge in [0, 0.05) is 23.9 Å². The monoisotopic (exact) mass is 201 g/mol. The van der Waals surface area contributed by atoms with Crippen molar-refractivity contribution < 1.29 is 9.84 Å². The quantitative estimate of drug-likeness (QED) is 0.668. The summed E-state index contributed by atoms with van der Waals surface area (Å²) in [4.78, 5) is 0. The van der Waals surface area contributed by atoms with E-state index in [0.717, 1.165) is 29.2 Å². The number of dihydropyridines is 1. The zero-order chi connectivity index (χ0) is 10.3. The van der Waals surface area contributed by atoms with Crippen molar-refractivity contribution in [1.82, 2.24) is 5.32 Å². The molecule has 2 aliphatic heterocycles. The predicted octanol–water partition coefficient (Wildman–Crippen LogP) is 1.48. The summed E-state index contributed by atoms with van der Waals surface area (Å²) in [5, 5.41) is 13.2. The lowest BCUT2D eigenvalue weighted by Crippen LogP contribution is -2.23. The number of hydrogen-bond donors (Lipinski definition) is 2. The summed E-state index contributed by atoms with van der Waals surface area (Å²) < 4.78 is 5.70. The molecule has 76 valence electrons. The van der Waals surface area contributed by atoms with Gasteiger partial charge in [-0.05, 0) is 12.1 Å². The minimum atomic E-state index is -0.589. The van der Waals surface area contributed by atoms with Crippen LogP contribution in [0.4, 0.5) is 0 Å². The van der Waals surface area contributed by atoms with E-state index in [4.69, 9.17) is 4.74 Å². The third-order valence-corrected chi connectivity index (χ3v) is 2.68. The second kappa shape index (κ2) is 3.14. The van der Waals surface area contributed by atoms with Gasteiger partial charge in [0.15, 0.2) is 0 Å². The molecule has 2 heterocycles. The third kappa shape index (κ3) is 1.24. The molecular formula is C12H11NO2. The average molecular weight is 201 g/mol. The van der Waals surface area contributed by atoms with E-state index in [-0.39, 0.29) is 0 Å². The van der Waals surface area contributed by atoms with E-state index in [9.17, 15) is 5.11 Å². The van der Waals surface area contributed by atoms with Crippen LogP contribution in [0.5, 0.6) is 5.75 Å². The van der Waals surface area contributed by atoms with Crippen molar-refractivity contribution in [3.8, 4) is 5.75 Å². The van der Waals surface area contributed by atoms with Crippen molar-refractivity contribution in [3.63, 3.8) is 0 Å². The van der Waals surface area contributed by atoms with Crippen molar-refractivity contribution in [2.75, 3.05) is 6.54 Å². The van der Waals surface area contributed by atoms with Crippen LogP contribution in [0.2, 0.25) is 0 Å². The number of para-hydroxylation sites is 1. The van der Waals surface area contributed by atoms with Gasteiger partial charge in [-0.2, -0.15) is 0 Å². The Labute approximate surface area is 87.7 Å². The van der Waals surface area contributed by atoms with Crippen LogP contribution >= 0.6 is 0 Å². The molecule has 0 fully saturated rings. The molecule has 15 heavy (non-hydrogen) atoms. The van der Waals surface area contributed by atoms with Crippen LogP contribution in [0.3, 0.4) is 0 Å². The largest absolute Gasteiger partial charge is 0.457 e. The first-order valence-electron chi connectivity index (χ1n) is 4.95. The van der Waals surface area contributed by atoms with Gasteiger partial charge in [0.1, 0.15) is 17.6 Å². The highest BCUT2D eigenvalue weighted by Gasteiger charge is 2.28. The number of nitrogens with one attached hydrogen (secondary N) is 1. The Bertz CT molecular complexity index is 462. The molecule has 0 radical (unpaired) electrons. The molecule has 1 unspecified atom stereocenters. The molecular weight excluding hydrogens is 190 g/mol. The molecule has 2 N–H and O–H groups in total. The van der Waals surface area contributed by atoms with Crippen molar-refractivity contribution >= 4 is 0 Å². The van der Waals surface area contributed by atoms with Crippen LogP contribution in [0.15, 0.2) is 47.9 Å². The fourth-order valence-electron chi connectivity index (χ4n) is 1.91. The van der Waals surface area contributed by atoms with Gasteiger partial charge in [-0.3, -0.25) is 0 Å². The molecule has 3 nitrogen and oxygen atoms in total. The summed E-state index contributed by atoms with van der Waals surface area (Å²) in [5.74, 6) is 1.51. The average Bonchev–Trinajstić information content (AvgIpc) is 2.30. The molecule has 0 saturated carbocycles. The summed E-state index contributed by atoms with van der Waals surface area (Å²) in [5.41, 5.74) is 1.63. The first-order chi connectivity index (χ1) is 7.36. The summed E-state index contributed by atoms with van der Waals surface area (Å²) in [6, 6.07) is 7.56. The Hall–Kier alpha value is -1.74. The number of aliphatic hydroxyl groups is 1. The lowest BCUT2D eigenvalue weighted by Gasteiger charge is -2.28. The van der Waals surface area contributed by atoms with Gasteiger partial charge in [-0.1, -0.05) is 18.2 Å². The third-order valence-electron chi connectivity index (χ3n) is 2.68. The number of aliphatic hydroxyl groups excluding tert-OH is 1. The van der Waals surface area contributed by atoms with Crippen molar-refractivity contribution in [1.29, 1.82) is 0 Å². The van der Waals surface area contributed by atoms with Crippen LogP contribution in [-0.4, -0.2) is 11.7 Å². The molecule has 0 bridgehead atoms. The predicted molar refractivity (Wildman–Crippen MR) is 56.2 cm³/mol. The highest BCUT2D eigenvalue weighted by molar-refractivity contribution is 5.50. The highest BCUT2D eigenvalue weighted by Crippen LogP contribution is 2.39. The highest BCUT2D eigenvalue weighted by atomic mass is 16.5. The second-order valence-electron chi connectivity index (χ2n) is 3.62. The van der Waals surface area contributed by atoms with Gasteiger partial charge in [0.05, 0.1) is 0 Å². The summed E-state index contributed by atoms with van der Waals surface area (Å²) in [7, 11) is 0. The molecule has 0 aliphatic carbocycles. The zero-order valence-electron chi connectivity index (χ0n) is 8.10. The molecule has 0 spiro atoms. The molecule has 0 aromatic heterocycles. The van der Waals surface area contributed by atoms with Gasteiger partial charge in [-0.25, -0.2) is 0 Å². The van der Waals surface area contributed by atoms with Gasteiger partial charge < -0.3 is 15.2 Å². The van der Waals surface area contributed by atoms with Crippen LogP contribution in [0, 0.1) is 0 Å². The van der Waals surface area contributed by atoms with E-state index in [1.807, 2.05) is 36.5 Å². The smallest absolute Gasteiger partial charge is 0.133 e. The SMILES string of the molecule is OC1C2=CNCC=C2Oc2ccccc21. The number of rotatable bonds is 0. The second-order valence-corrected chi connectivity index (χ2v) is 3.62. The Kier molecular flexibility index (Phi) is 1.79. The lowest BCUT2D eigenvalue weighted by molar-refractivity contribution is 0.189. The molecule has 1 aromatic carbocycles. The summed E-state index contributed by atoms with van der Waals surface area (Å²) >= 11 is 0. The Morgan fingerprint density at radius 3 is 3.13 bits per heavy atom. The summed E-state index contributed by atoms with van der Waals surface area (Å²) in [6.07, 6.45) is 3.17. The van der Waals surface area contributed by atoms with Crippen molar-refractivity contribution in [2.24, 2.45) is 0 Å². The minimum absolute atomic E-state index is 0.589. The molecule has 2 aliphatic rings. The van der Waals surface area contributed by atoms with Crippen LogP contribution < -0.4 is 10.1 Å². The molecule has 0 amide bonds. The fraction of sp³-hybridized carbons (Fsp3) is 0.167. The van der Waals surface area contributed by atoms with Crippen LogP contribution in [0.25, 0.3) is 0 Å². The maximum atomic E-state index is 10.1. The van der Waals surface area contributed by atoms with Gasteiger partial charge in [0.25, 0.3) is 0 Å². The molecule has 3 heteroatoms. The van der Waals surface area contributed by atoms with E-state index in [2.05, 4.69) is 5.32 Å². The summed E-state index contributed by atoms with van der Waals surface area (Å²) in [6.45, 7) is 0.744. The van der Waals surface area contributed by atoms with E-state index in [0.29, 0.717) is 0 Å². The van der Waals surface area contributed by atoms with Crippen molar-refractivity contribution in [2.45, 2.75) is 6.10 Å². The standard InChI is InChI=1S/C12H11NO2/c14-12-8-3-1-2-4-10(8)15-11-5-6-13-7-9(11)12/h1-5,7,12-14H,6H2. The van der Waals surface area contributed by atoms with E-state index >= 15 is 0 Å². The maximum absolute atomic E-state index is 10.1. The Balaban J connectivity index is 2.14. The van der Waals surface area contributed by atoms with E-state index < -0.39 is 6.10 Å². The van der Waals surface area contributed by atoms with Gasteiger partial charge in [-0.15, -0.1) is 0 Å². The normalized spacial score (nSPS) is 22.6. The van der Waals surface area contributed by atoms with E-state index in [1.54, 1.807) is 0 Å². The molecule has 1 atom stereocenters. The molecule has 0 saturated heterocycles. The first kappa shape index (κ1) is 8.56. The number of ether oxygens (including phenoxy) is 1. The number of benzene rings is 1.